The predicted molar refractivity (Wildman–Crippen MR) is 30.4 cm³/mol. The Morgan fingerprint density at radius 2 is 1.90 bits per heavy atom. The molecule has 0 bridgehead atoms. The first-order chi connectivity index (χ1) is 4.54. The number of halogens is 4. The van der Waals surface area contributed by atoms with Gasteiger partial charge in [0.1, 0.15) is 0 Å². The number of alkyl halides is 4. The van der Waals surface area contributed by atoms with E-state index < -0.39 is 31.6 Å². The summed E-state index contributed by atoms with van der Waals surface area (Å²) in [4.78, 5) is 0. The molecule has 0 saturated carbocycles. The minimum absolute atomic E-state index is 0.521. The third-order valence-electron chi connectivity index (χ3n) is 1.14. The molecule has 0 aromatic heterocycles. The van der Waals surface area contributed by atoms with E-state index in [1.807, 2.05) is 0 Å². The molecule has 0 aromatic rings. The summed E-state index contributed by atoms with van der Waals surface area (Å²) in [6, 6.07) is 0. The van der Waals surface area contributed by atoms with Crippen molar-refractivity contribution in [1.29, 1.82) is 0 Å². The van der Waals surface area contributed by atoms with Gasteiger partial charge in [-0.3, -0.25) is 4.39 Å². The summed E-state index contributed by atoms with van der Waals surface area (Å²) in [6.07, 6.45) is -3.89. The average Bonchev–Trinajstić information content (AvgIpc) is 1.86. The van der Waals surface area contributed by atoms with Gasteiger partial charge in [-0.15, -0.1) is 0 Å². The Morgan fingerprint density at radius 1 is 1.40 bits per heavy atom. The van der Waals surface area contributed by atoms with Crippen LogP contribution in [0.5, 0.6) is 0 Å². The lowest BCUT2D eigenvalue weighted by molar-refractivity contribution is -0.0805. The van der Waals surface area contributed by atoms with Crippen molar-refractivity contribution in [1.82, 2.24) is 0 Å². The van der Waals surface area contributed by atoms with Gasteiger partial charge >= 0.3 is 0 Å². The fourth-order valence-corrected chi connectivity index (χ4v) is 0.494. The van der Waals surface area contributed by atoms with Gasteiger partial charge in [-0.05, 0) is 6.42 Å². The highest BCUT2D eigenvalue weighted by molar-refractivity contribution is 4.76. The van der Waals surface area contributed by atoms with Crippen molar-refractivity contribution < 1.29 is 17.6 Å². The Labute approximate surface area is 57.2 Å². The number of hydrogen-bond donors (Lipinski definition) is 0. The fraction of sp³-hybridized carbons (Fsp3) is 0.833. The van der Waals surface area contributed by atoms with Gasteiger partial charge in [-0.1, -0.05) is 6.92 Å². The molecule has 1 radical (unpaired) electrons. The third-order valence-corrected chi connectivity index (χ3v) is 1.14. The van der Waals surface area contributed by atoms with Crippen LogP contribution in [0.1, 0.15) is 12.8 Å². The molecule has 1 atom stereocenters. The zero-order valence-corrected chi connectivity index (χ0v) is 5.42. The Morgan fingerprint density at radius 3 is 2.20 bits per heavy atom. The summed E-state index contributed by atoms with van der Waals surface area (Å²) in [7, 11) is 0. The maximum absolute atomic E-state index is 12.2. The van der Waals surface area contributed by atoms with Gasteiger partial charge in [0.05, 0.1) is 6.67 Å². The summed E-state index contributed by atoms with van der Waals surface area (Å²) in [5.41, 5.74) is 0. The van der Waals surface area contributed by atoms with Gasteiger partial charge in [0.2, 0.25) is 0 Å². The zero-order chi connectivity index (χ0) is 8.20. The van der Waals surface area contributed by atoms with Gasteiger partial charge in [0, 0.05) is 6.42 Å². The Hall–Kier alpha value is -0.280. The van der Waals surface area contributed by atoms with Crippen molar-refractivity contribution >= 4 is 0 Å². The molecule has 0 aromatic carbocycles. The summed E-state index contributed by atoms with van der Waals surface area (Å²) >= 11 is 0. The van der Waals surface area contributed by atoms with Crippen LogP contribution in [0.2, 0.25) is 0 Å². The topological polar surface area (TPSA) is 0 Å². The molecule has 0 unspecified atom stereocenters. The minimum Gasteiger partial charge on any atom is -0.251 e. The van der Waals surface area contributed by atoms with E-state index in [1.165, 1.54) is 0 Å². The lowest BCUT2D eigenvalue weighted by Gasteiger charge is -2.17. The van der Waals surface area contributed by atoms with Gasteiger partial charge in [-0.25, -0.2) is 13.2 Å². The molecule has 0 aliphatic rings. The largest absolute Gasteiger partial charge is 0.281 e. The summed E-state index contributed by atoms with van der Waals surface area (Å²) in [5.74, 6) is -3.55. The van der Waals surface area contributed by atoms with Crippen molar-refractivity contribution in [2.45, 2.75) is 24.9 Å². The van der Waals surface area contributed by atoms with Crippen LogP contribution in [-0.4, -0.2) is 18.8 Å². The van der Waals surface area contributed by atoms with Crippen LogP contribution in [0.25, 0.3) is 0 Å². The molecule has 0 rings (SSSR count). The second-order valence-corrected chi connectivity index (χ2v) is 1.96. The Balaban J connectivity index is 3.82. The average molecular weight is 157 g/mol. The molecule has 0 fully saturated rings. The van der Waals surface area contributed by atoms with Crippen LogP contribution in [-0.2, 0) is 0 Å². The second-order valence-electron chi connectivity index (χ2n) is 1.96. The maximum Gasteiger partial charge on any atom is 0.281 e. The van der Waals surface area contributed by atoms with E-state index in [2.05, 4.69) is 6.92 Å². The van der Waals surface area contributed by atoms with Crippen LogP contribution in [0.4, 0.5) is 17.6 Å². The molecule has 61 valence electrons. The van der Waals surface area contributed by atoms with Crippen molar-refractivity contribution in [2.24, 2.45) is 0 Å². The van der Waals surface area contributed by atoms with Crippen LogP contribution in [0, 0.1) is 6.92 Å². The fourth-order valence-electron chi connectivity index (χ4n) is 0.494. The summed E-state index contributed by atoms with van der Waals surface area (Å²) < 4.78 is 47.8. The molecule has 0 saturated heterocycles. The van der Waals surface area contributed by atoms with Gasteiger partial charge in [0.15, 0.2) is 6.17 Å². The first kappa shape index (κ1) is 9.72. The van der Waals surface area contributed by atoms with Crippen LogP contribution < -0.4 is 0 Å². The second kappa shape index (κ2) is 3.78. The summed E-state index contributed by atoms with van der Waals surface area (Å²) in [6.45, 7) is 1.76. The molecule has 0 amide bonds. The van der Waals surface area contributed by atoms with Gasteiger partial charge in [-0.2, -0.15) is 0 Å². The van der Waals surface area contributed by atoms with E-state index in [4.69, 9.17) is 0 Å². The smallest absolute Gasteiger partial charge is 0.251 e. The lowest BCUT2D eigenvalue weighted by Crippen LogP contribution is -2.29. The Kier molecular flexibility index (Phi) is 3.68. The highest BCUT2D eigenvalue weighted by Gasteiger charge is 2.38. The van der Waals surface area contributed by atoms with E-state index >= 15 is 0 Å². The molecule has 0 spiro atoms. The number of hydrogen-bond acceptors (Lipinski definition) is 0. The van der Waals surface area contributed by atoms with E-state index in [9.17, 15) is 17.6 Å². The van der Waals surface area contributed by atoms with Crippen molar-refractivity contribution in [2.75, 3.05) is 6.67 Å². The van der Waals surface area contributed by atoms with Gasteiger partial charge < -0.3 is 0 Å². The molecular formula is C6H9F4. The molecule has 0 aliphatic carbocycles. The summed E-state index contributed by atoms with van der Waals surface area (Å²) in [5, 5.41) is 0. The predicted octanol–water partition coefficient (Wildman–Crippen LogP) is 2.54. The molecular weight excluding hydrogens is 148 g/mol. The van der Waals surface area contributed by atoms with Crippen molar-refractivity contribution in [3.8, 4) is 0 Å². The highest BCUT2D eigenvalue weighted by atomic mass is 19.3. The maximum atomic E-state index is 12.2. The van der Waals surface area contributed by atoms with E-state index in [1.54, 1.807) is 0 Å². The SMILES string of the molecule is [CH2]C[C@H](F)C(F)(F)CCF. The normalized spacial score (nSPS) is 15.3. The molecule has 4 heteroatoms. The molecule has 0 nitrogen and oxygen atoms in total. The monoisotopic (exact) mass is 157 g/mol. The van der Waals surface area contributed by atoms with E-state index in [0.717, 1.165) is 0 Å². The van der Waals surface area contributed by atoms with Crippen LogP contribution in [0.3, 0.4) is 0 Å². The standard InChI is InChI=1S/C6H9F4/c1-2-5(8)6(9,10)3-4-7/h5H,1-4H2/t5-/m0/s1. The van der Waals surface area contributed by atoms with Crippen LogP contribution in [0.15, 0.2) is 0 Å². The van der Waals surface area contributed by atoms with Crippen molar-refractivity contribution in [3.63, 3.8) is 0 Å². The molecule has 0 aliphatic heterocycles. The lowest BCUT2D eigenvalue weighted by atomic mass is 10.1. The van der Waals surface area contributed by atoms with E-state index in [0.29, 0.717) is 0 Å². The third kappa shape index (κ3) is 2.54. The van der Waals surface area contributed by atoms with Gasteiger partial charge in [0.25, 0.3) is 5.92 Å². The first-order valence-corrected chi connectivity index (χ1v) is 2.91. The first-order valence-electron chi connectivity index (χ1n) is 2.91. The van der Waals surface area contributed by atoms with E-state index in [-0.39, 0.29) is 0 Å². The minimum atomic E-state index is -3.55. The molecule has 0 N–H and O–H groups in total. The quantitative estimate of drug-likeness (QED) is 0.550. The van der Waals surface area contributed by atoms with Crippen molar-refractivity contribution in [3.05, 3.63) is 6.92 Å². The molecule has 0 heterocycles. The zero-order valence-electron chi connectivity index (χ0n) is 5.42. The molecule has 10 heavy (non-hydrogen) atoms. The highest BCUT2D eigenvalue weighted by Crippen LogP contribution is 2.27. The Bertz CT molecular complexity index is 91.7. The number of rotatable bonds is 4. The van der Waals surface area contributed by atoms with Crippen LogP contribution >= 0.6 is 0 Å².